The van der Waals surface area contributed by atoms with Crippen LogP contribution in [0.5, 0.6) is 0 Å². The first-order valence-corrected chi connectivity index (χ1v) is 9.69. The van der Waals surface area contributed by atoms with Crippen LogP contribution in [0, 0.1) is 0 Å². The molecule has 0 aliphatic heterocycles. The molecule has 122 valence electrons. The standard InChI is InChI=1S/C13H24ClN3O2S2/c1-4-8-15-9-5-10-17(3)21(18,19)16-11(2)12-6-7-13(14)20-12/h6-7,11,15-16H,4-5,8-10H2,1-3H3. The van der Waals surface area contributed by atoms with Gasteiger partial charge in [0.25, 0.3) is 10.2 Å². The molecule has 8 heteroatoms. The molecule has 0 aliphatic rings. The molecule has 0 radical (unpaired) electrons. The highest BCUT2D eigenvalue weighted by molar-refractivity contribution is 7.87. The Hall–Kier alpha value is -0.180. The smallest absolute Gasteiger partial charge is 0.279 e. The molecule has 1 aromatic heterocycles. The van der Waals surface area contributed by atoms with Crippen LogP contribution in [0.15, 0.2) is 12.1 Å². The summed E-state index contributed by atoms with van der Waals surface area (Å²) in [7, 11) is -1.88. The molecule has 0 aliphatic carbocycles. The molecule has 0 bridgehead atoms. The molecule has 0 saturated heterocycles. The van der Waals surface area contributed by atoms with Gasteiger partial charge < -0.3 is 5.32 Å². The third kappa shape index (κ3) is 6.63. The largest absolute Gasteiger partial charge is 0.317 e. The molecule has 1 aromatic rings. The van der Waals surface area contributed by atoms with E-state index >= 15 is 0 Å². The van der Waals surface area contributed by atoms with Gasteiger partial charge in [-0.3, -0.25) is 0 Å². The Bertz CT molecular complexity index is 519. The highest BCUT2D eigenvalue weighted by atomic mass is 35.5. The highest BCUT2D eigenvalue weighted by Crippen LogP contribution is 2.27. The molecule has 0 saturated carbocycles. The second-order valence-corrected chi connectivity index (χ2v) is 8.47. The minimum absolute atomic E-state index is 0.284. The summed E-state index contributed by atoms with van der Waals surface area (Å²) in [5.41, 5.74) is 0. The first kappa shape index (κ1) is 18.9. The van der Waals surface area contributed by atoms with E-state index in [1.807, 2.05) is 13.0 Å². The van der Waals surface area contributed by atoms with Crippen molar-refractivity contribution in [2.75, 3.05) is 26.7 Å². The second kappa shape index (κ2) is 9.07. The van der Waals surface area contributed by atoms with Gasteiger partial charge in [0.1, 0.15) is 0 Å². The maximum Gasteiger partial charge on any atom is 0.279 e. The Kier molecular flexibility index (Phi) is 8.15. The Balaban J connectivity index is 2.44. The van der Waals surface area contributed by atoms with Crippen molar-refractivity contribution >= 4 is 33.1 Å². The van der Waals surface area contributed by atoms with Gasteiger partial charge in [0.15, 0.2) is 0 Å². The molecule has 5 nitrogen and oxygen atoms in total. The molecule has 0 spiro atoms. The summed E-state index contributed by atoms with van der Waals surface area (Å²) in [5.74, 6) is 0. The summed E-state index contributed by atoms with van der Waals surface area (Å²) >= 11 is 7.26. The number of rotatable bonds is 10. The molecule has 1 rings (SSSR count). The number of halogens is 1. The Labute approximate surface area is 136 Å². The van der Waals surface area contributed by atoms with Crippen molar-refractivity contribution in [1.82, 2.24) is 14.3 Å². The van der Waals surface area contributed by atoms with E-state index < -0.39 is 10.2 Å². The van der Waals surface area contributed by atoms with Crippen LogP contribution in [-0.4, -0.2) is 39.4 Å². The topological polar surface area (TPSA) is 61.4 Å². The minimum Gasteiger partial charge on any atom is -0.317 e. The van der Waals surface area contributed by atoms with Gasteiger partial charge in [-0.25, -0.2) is 0 Å². The summed E-state index contributed by atoms with van der Waals surface area (Å²) in [6, 6.07) is 3.33. The zero-order valence-corrected chi connectivity index (χ0v) is 15.1. The molecular weight excluding hydrogens is 330 g/mol. The maximum absolute atomic E-state index is 12.2. The van der Waals surface area contributed by atoms with Crippen LogP contribution >= 0.6 is 22.9 Å². The summed E-state index contributed by atoms with van der Waals surface area (Å²) < 4.78 is 29.1. The minimum atomic E-state index is -3.47. The number of nitrogens with one attached hydrogen (secondary N) is 2. The van der Waals surface area contributed by atoms with E-state index in [-0.39, 0.29) is 6.04 Å². The number of nitrogens with zero attached hydrogens (tertiary/aromatic N) is 1. The molecule has 0 fully saturated rings. The van der Waals surface area contributed by atoms with Gasteiger partial charge in [0.2, 0.25) is 0 Å². The molecule has 1 unspecified atom stereocenters. The average Bonchev–Trinajstić information content (AvgIpc) is 2.84. The summed E-state index contributed by atoms with van der Waals surface area (Å²) in [4.78, 5) is 0.904. The second-order valence-electron chi connectivity index (χ2n) is 4.91. The number of hydrogen-bond acceptors (Lipinski definition) is 4. The van der Waals surface area contributed by atoms with E-state index in [1.165, 1.54) is 15.6 Å². The first-order valence-electron chi connectivity index (χ1n) is 7.06. The van der Waals surface area contributed by atoms with Crippen LogP contribution < -0.4 is 10.0 Å². The third-order valence-corrected chi connectivity index (χ3v) is 6.08. The van der Waals surface area contributed by atoms with Gasteiger partial charge >= 0.3 is 0 Å². The van der Waals surface area contributed by atoms with Crippen molar-refractivity contribution in [1.29, 1.82) is 0 Å². The lowest BCUT2D eigenvalue weighted by molar-refractivity contribution is 0.439. The van der Waals surface area contributed by atoms with Gasteiger partial charge in [-0.05, 0) is 45.0 Å². The fourth-order valence-electron chi connectivity index (χ4n) is 1.78. The van der Waals surface area contributed by atoms with Crippen molar-refractivity contribution in [2.45, 2.75) is 32.7 Å². The van der Waals surface area contributed by atoms with E-state index in [1.54, 1.807) is 13.1 Å². The Morgan fingerprint density at radius 2 is 2.10 bits per heavy atom. The molecule has 1 atom stereocenters. The lowest BCUT2D eigenvalue weighted by Gasteiger charge is -2.20. The predicted octanol–water partition coefficient (Wildman–Crippen LogP) is 2.62. The molecule has 1 heterocycles. The molecular formula is C13H24ClN3O2S2. The predicted molar refractivity (Wildman–Crippen MR) is 90.2 cm³/mol. The normalized spacial score (nSPS) is 13.8. The summed E-state index contributed by atoms with van der Waals surface area (Å²) in [5, 5.41) is 3.26. The van der Waals surface area contributed by atoms with Crippen molar-refractivity contribution in [2.24, 2.45) is 0 Å². The number of hydrogen-bond donors (Lipinski definition) is 2. The van der Waals surface area contributed by atoms with Gasteiger partial charge in [-0.1, -0.05) is 18.5 Å². The van der Waals surface area contributed by atoms with E-state index in [4.69, 9.17) is 11.6 Å². The SMILES string of the molecule is CCCNCCCN(C)S(=O)(=O)NC(C)c1ccc(Cl)s1. The van der Waals surface area contributed by atoms with Crippen molar-refractivity contribution in [3.63, 3.8) is 0 Å². The van der Waals surface area contributed by atoms with Crippen LogP contribution in [0.3, 0.4) is 0 Å². The van der Waals surface area contributed by atoms with Crippen LogP contribution in [0.2, 0.25) is 4.34 Å². The summed E-state index contributed by atoms with van der Waals surface area (Å²) in [6.45, 7) is 6.20. The highest BCUT2D eigenvalue weighted by Gasteiger charge is 2.21. The van der Waals surface area contributed by atoms with Gasteiger partial charge in [-0.15, -0.1) is 11.3 Å². The van der Waals surface area contributed by atoms with Crippen molar-refractivity contribution in [3.8, 4) is 0 Å². The quantitative estimate of drug-likeness (QED) is 0.635. The Morgan fingerprint density at radius 1 is 1.38 bits per heavy atom. The van der Waals surface area contributed by atoms with E-state index in [0.717, 1.165) is 30.8 Å². The maximum atomic E-state index is 12.2. The molecule has 2 N–H and O–H groups in total. The molecule has 0 amide bonds. The fraction of sp³-hybridized carbons (Fsp3) is 0.692. The van der Waals surface area contributed by atoms with Crippen LogP contribution in [0.4, 0.5) is 0 Å². The average molecular weight is 354 g/mol. The van der Waals surface area contributed by atoms with E-state index in [0.29, 0.717) is 10.9 Å². The van der Waals surface area contributed by atoms with Crippen molar-refractivity contribution < 1.29 is 8.42 Å². The van der Waals surface area contributed by atoms with Crippen molar-refractivity contribution in [3.05, 3.63) is 21.3 Å². The zero-order valence-electron chi connectivity index (χ0n) is 12.7. The Morgan fingerprint density at radius 3 is 2.67 bits per heavy atom. The van der Waals surface area contributed by atoms with Crippen LogP contribution in [0.25, 0.3) is 0 Å². The zero-order chi connectivity index (χ0) is 15.9. The van der Waals surface area contributed by atoms with Gasteiger partial charge in [-0.2, -0.15) is 17.4 Å². The lowest BCUT2D eigenvalue weighted by atomic mass is 10.3. The molecule has 21 heavy (non-hydrogen) atoms. The molecule has 0 aromatic carbocycles. The monoisotopic (exact) mass is 353 g/mol. The number of thiophene rings is 1. The van der Waals surface area contributed by atoms with Crippen LogP contribution in [0.1, 0.15) is 37.6 Å². The van der Waals surface area contributed by atoms with Crippen LogP contribution in [-0.2, 0) is 10.2 Å². The van der Waals surface area contributed by atoms with Gasteiger partial charge in [0, 0.05) is 18.5 Å². The van der Waals surface area contributed by atoms with E-state index in [9.17, 15) is 8.42 Å². The first-order chi connectivity index (χ1) is 9.86. The fourth-order valence-corrected chi connectivity index (χ4v) is 4.04. The van der Waals surface area contributed by atoms with Gasteiger partial charge in [0.05, 0.1) is 10.4 Å². The van der Waals surface area contributed by atoms with E-state index in [2.05, 4.69) is 17.0 Å². The summed E-state index contributed by atoms with van der Waals surface area (Å²) in [6.07, 6.45) is 1.87. The third-order valence-electron chi connectivity index (χ3n) is 3.01. The lowest BCUT2D eigenvalue weighted by Crippen LogP contribution is -2.40.